The number of rotatable bonds is 17. The van der Waals surface area contributed by atoms with Crippen LogP contribution in [0.4, 0.5) is 4.79 Å². The number of amides is 3. The molecule has 69 heavy (non-hydrogen) atoms. The number of imidazole rings is 2. The Morgan fingerprint density at radius 1 is 0.652 bits per heavy atom. The third-order valence-electron chi connectivity index (χ3n) is 13.5. The maximum absolute atomic E-state index is 14.3. The van der Waals surface area contributed by atoms with Gasteiger partial charge in [0, 0.05) is 19.5 Å². The molecule has 2 aliphatic rings. The molecule has 4 atom stereocenters. The summed E-state index contributed by atoms with van der Waals surface area (Å²) in [5.74, 6) is 2.18. The van der Waals surface area contributed by atoms with Gasteiger partial charge in [-0.15, -0.1) is 0 Å². The highest BCUT2D eigenvalue weighted by Crippen LogP contribution is 2.37. The number of methoxy groups -OCH3 is 1. The number of carbonyl (C=O) groups excluding carboxylic acids is 3. The molecule has 3 N–H and O–H groups in total. The summed E-state index contributed by atoms with van der Waals surface area (Å²) in [6.07, 6.45) is 6.68. The molecule has 0 unspecified atom stereocenters. The van der Waals surface area contributed by atoms with Crippen LogP contribution in [0.3, 0.4) is 0 Å². The fourth-order valence-corrected chi connectivity index (χ4v) is 9.81. The molecule has 2 fully saturated rings. The lowest BCUT2D eigenvalue weighted by Crippen LogP contribution is -2.49. The number of nitrogens with one attached hydrogen (secondary N) is 3. The molecule has 5 aromatic carbocycles. The molecular formula is C56H60N8O5. The number of aromatic amines is 2. The number of ether oxygens (including phenoxy) is 2. The van der Waals surface area contributed by atoms with Crippen molar-refractivity contribution in [1.82, 2.24) is 40.0 Å². The second-order valence-electron chi connectivity index (χ2n) is 17.7. The Balaban J connectivity index is 0.832. The number of nitrogens with zero attached hydrogens (tertiary/aromatic N) is 5. The Morgan fingerprint density at radius 3 is 1.68 bits per heavy atom. The van der Waals surface area contributed by atoms with Crippen molar-refractivity contribution in [3.63, 3.8) is 0 Å². The van der Waals surface area contributed by atoms with Crippen molar-refractivity contribution < 1.29 is 23.9 Å². The molecule has 0 spiro atoms. The number of likely N-dealkylation sites (tertiary alicyclic amines) is 2. The standard InChI is InChI=1S/C56H60N8O5/c1-4-62(5-2)51(44-16-10-7-11-17-44)55(66)64-33-13-19-50(64)53-58-36-48(60-53)43-28-24-41(25-29-43)40-22-26-42(27-23-40)47-35-57-52(59-47)49-18-12-32-63(49)54(65)46(61-56(67)68-3)34-38-20-30-45(31-21-38)69-37-39-14-8-6-9-15-39/h6-11,14-17,20-31,35-36,46,49-51H,4-5,12-13,18-19,32-34,37H2,1-3H3,(H,57,59)(H,58,60)(H,61,67)/t46-,49-,50-,51+/m0/s1. The highest BCUT2D eigenvalue weighted by atomic mass is 16.5. The average Bonchev–Trinajstić information content (AvgIpc) is 4.26. The van der Waals surface area contributed by atoms with Crippen LogP contribution in [-0.4, -0.2) is 91.9 Å². The number of benzene rings is 5. The van der Waals surface area contributed by atoms with E-state index in [2.05, 4.69) is 94.7 Å². The zero-order chi connectivity index (χ0) is 47.7. The molecule has 13 nitrogen and oxygen atoms in total. The quantitative estimate of drug-likeness (QED) is 0.0818. The van der Waals surface area contributed by atoms with Crippen molar-refractivity contribution >= 4 is 17.9 Å². The number of likely N-dealkylation sites (N-methyl/N-ethyl adjacent to an activating group) is 1. The van der Waals surface area contributed by atoms with Crippen LogP contribution in [0.1, 0.15) is 86.0 Å². The molecular weight excluding hydrogens is 865 g/mol. The molecule has 0 radical (unpaired) electrons. The van der Waals surface area contributed by atoms with Gasteiger partial charge in [0.2, 0.25) is 11.8 Å². The molecule has 3 amide bonds. The van der Waals surface area contributed by atoms with Gasteiger partial charge < -0.3 is 34.6 Å². The van der Waals surface area contributed by atoms with Crippen molar-refractivity contribution in [3.05, 3.63) is 174 Å². The molecule has 9 rings (SSSR count). The maximum atomic E-state index is 14.3. The Bertz CT molecular complexity index is 2790. The largest absolute Gasteiger partial charge is 0.489 e. The van der Waals surface area contributed by atoms with Crippen LogP contribution in [0.15, 0.2) is 146 Å². The maximum Gasteiger partial charge on any atom is 0.407 e. The van der Waals surface area contributed by atoms with Crippen LogP contribution >= 0.6 is 0 Å². The molecule has 4 heterocycles. The van der Waals surface area contributed by atoms with E-state index in [0.717, 1.165) is 101 Å². The van der Waals surface area contributed by atoms with Crippen LogP contribution in [0, 0.1) is 0 Å². The number of hydrogen-bond donors (Lipinski definition) is 3. The molecule has 0 aliphatic carbocycles. The molecule has 2 aliphatic heterocycles. The summed E-state index contributed by atoms with van der Waals surface area (Å²) in [5, 5.41) is 2.78. The first kappa shape index (κ1) is 46.6. The normalized spacial score (nSPS) is 16.6. The second-order valence-corrected chi connectivity index (χ2v) is 17.7. The van der Waals surface area contributed by atoms with E-state index in [-0.39, 0.29) is 36.4 Å². The highest BCUT2D eigenvalue weighted by Gasteiger charge is 2.39. The fourth-order valence-electron chi connectivity index (χ4n) is 9.81. The summed E-state index contributed by atoms with van der Waals surface area (Å²) in [6.45, 7) is 7.50. The third-order valence-corrected chi connectivity index (χ3v) is 13.5. The minimum atomic E-state index is -0.835. The van der Waals surface area contributed by atoms with Gasteiger partial charge in [-0.3, -0.25) is 14.5 Å². The van der Waals surface area contributed by atoms with Gasteiger partial charge in [0.1, 0.15) is 36.1 Å². The molecule has 0 bridgehead atoms. The van der Waals surface area contributed by atoms with E-state index in [9.17, 15) is 14.4 Å². The lowest BCUT2D eigenvalue weighted by Gasteiger charge is -2.34. The van der Waals surface area contributed by atoms with Crippen LogP contribution in [0.25, 0.3) is 33.6 Å². The van der Waals surface area contributed by atoms with E-state index in [1.54, 1.807) is 0 Å². The van der Waals surface area contributed by atoms with Crippen molar-refractivity contribution in [2.75, 3.05) is 33.3 Å². The van der Waals surface area contributed by atoms with E-state index in [0.29, 0.717) is 25.5 Å². The molecule has 2 saturated heterocycles. The lowest BCUT2D eigenvalue weighted by molar-refractivity contribution is -0.138. The Morgan fingerprint density at radius 2 is 1.16 bits per heavy atom. The van der Waals surface area contributed by atoms with Gasteiger partial charge >= 0.3 is 6.09 Å². The summed E-state index contributed by atoms with van der Waals surface area (Å²) in [4.78, 5) is 63.7. The fraction of sp³-hybridized carbons (Fsp3) is 0.304. The number of hydrogen-bond acceptors (Lipinski definition) is 8. The van der Waals surface area contributed by atoms with Gasteiger partial charge in [-0.25, -0.2) is 14.8 Å². The van der Waals surface area contributed by atoms with Gasteiger partial charge in [0.05, 0.1) is 43.0 Å². The Labute approximate surface area is 403 Å². The smallest absolute Gasteiger partial charge is 0.407 e. The number of aromatic nitrogens is 4. The van der Waals surface area contributed by atoms with Crippen LogP contribution in [-0.2, 0) is 27.4 Å². The van der Waals surface area contributed by atoms with Crippen LogP contribution < -0.4 is 10.1 Å². The SMILES string of the molecule is CCN(CC)[C@@H](C(=O)N1CCC[C@H]1c1ncc(-c2ccc(-c3ccc(-c4cnc([C@@H]5CCCN5C(=O)[C@H](Cc5ccc(OCc6ccccc6)cc5)NC(=O)OC)[nH]4)cc3)cc2)[nH]1)c1ccccc1. The van der Waals surface area contributed by atoms with Gasteiger partial charge in [0.15, 0.2) is 0 Å². The van der Waals surface area contributed by atoms with E-state index in [1.165, 1.54) is 7.11 Å². The van der Waals surface area contributed by atoms with Gasteiger partial charge in [0.25, 0.3) is 0 Å². The first-order valence-corrected chi connectivity index (χ1v) is 24.1. The van der Waals surface area contributed by atoms with Gasteiger partial charge in [-0.05, 0) is 89.8 Å². The van der Waals surface area contributed by atoms with Gasteiger partial charge in [-0.1, -0.05) is 135 Å². The topological polar surface area (TPSA) is 149 Å². The molecule has 7 aromatic rings. The first-order chi connectivity index (χ1) is 33.8. The predicted molar refractivity (Wildman–Crippen MR) is 267 cm³/mol. The van der Waals surface area contributed by atoms with E-state index < -0.39 is 12.1 Å². The van der Waals surface area contributed by atoms with Crippen LogP contribution in [0.5, 0.6) is 5.75 Å². The molecule has 2 aromatic heterocycles. The van der Waals surface area contributed by atoms with Gasteiger partial charge in [-0.2, -0.15) is 0 Å². The first-order valence-electron chi connectivity index (χ1n) is 24.1. The monoisotopic (exact) mass is 924 g/mol. The van der Waals surface area contributed by atoms with Crippen LogP contribution in [0.2, 0.25) is 0 Å². The number of H-pyrrole nitrogens is 2. The summed E-state index contributed by atoms with van der Waals surface area (Å²) in [5.41, 5.74) is 8.88. The van der Waals surface area contributed by atoms with Crippen molar-refractivity contribution in [3.8, 4) is 39.4 Å². The summed E-state index contributed by atoms with van der Waals surface area (Å²) < 4.78 is 10.9. The number of carbonyl (C=O) groups is 3. The molecule has 13 heteroatoms. The summed E-state index contributed by atoms with van der Waals surface area (Å²) in [6, 6.07) is 42.9. The van der Waals surface area contributed by atoms with E-state index in [4.69, 9.17) is 19.4 Å². The third kappa shape index (κ3) is 10.6. The predicted octanol–water partition coefficient (Wildman–Crippen LogP) is 10.1. The average molecular weight is 925 g/mol. The second kappa shape index (κ2) is 21.6. The zero-order valence-corrected chi connectivity index (χ0v) is 39.5. The summed E-state index contributed by atoms with van der Waals surface area (Å²) in [7, 11) is 1.30. The van der Waals surface area contributed by atoms with Crippen molar-refractivity contribution in [2.24, 2.45) is 0 Å². The Hall–Kier alpha value is -7.51. The lowest BCUT2D eigenvalue weighted by atomic mass is 10.0. The Kier molecular flexibility index (Phi) is 14.6. The highest BCUT2D eigenvalue weighted by molar-refractivity contribution is 5.87. The summed E-state index contributed by atoms with van der Waals surface area (Å²) >= 11 is 0. The minimum Gasteiger partial charge on any atom is -0.489 e. The van der Waals surface area contributed by atoms with Crippen molar-refractivity contribution in [1.29, 1.82) is 0 Å². The number of alkyl carbamates (subject to hydrolysis) is 1. The molecule has 0 saturated carbocycles. The zero-order valence-electron chi connectivity index (χ0n) is 39.5. The minimum absolute atomic E-state index is 0.106. The van der Waals surface area contributed by atoms with Crippen molar-refractivity contribution in [2.45, 2.75) is 76.7 Å². The van der Waals surface area contributed by atoms with E-state index in [1.807, 2.05) is 95.0 Å². The van der Waals surface area contributed by atoms with E-state index >= 15 is 0 Å². The molecule has 354 valence electrons.